The van der Waals surface area contributed by atoms with E-state index in [2.05, 4.69) is 10.5 Å². The zero-order chi connectivity index (χ0) is 18.4. The predicted molar refractivity (Wildman–Crippen MR) is 92.9 cm³/mol. The van der Waals surface area contributed by atoms with Crippen molar-refractivity contribution in [2.24, 2.45) is 5.92 Å². The highest BCUT2D eigenvalue weighted by Crippen LogP contribution is 2.17. The molecule has 1 amide bonds. The van der Waals surface area contributed by atoms with Crippen LogP contribution in [0, 0.1) is 31.1 Å². The second kappa shape index (κ2) is 8.25. The van der Waals surface area contributed by atoms with Gasteiger partial charge in [-0.2, -0.15) is 5.26 Å². The van der Waals surface area contributed by atoms with Crippen LogP contribution in [0.1, 0.15) is 35.9 Å². The molecule has 6 nitrogen and oxygen atoms in total. The molecule has 130 valence electrons. The minimum absolute atomic E-state index is 0.0866. The maximum atomic E-state index is 12.3. The van der Waals surface area contributed by atoms with E-state index in [1.807, 2.05) is 19.1 Å². The summed E-state index contributed by atoms with van der Waals surface area (Å²) in [6.07, 6.45) is 1.38. The van der Waals surface area contributed by atoms with Gasteiger partial charge in [-0.05, 0) is 44.4 Å². The van der Waals surface area contributed by atoms with Crippen LogP contribution in [0.25, 0.3) is 0 Å². The van der Waals surface area contributed by atoms with Gasteiger partial charge in [0.1, 0.15) is 5.76 Å². The van der Waals surface area contributed by atoms with Crippen LogP contribution in [0.4, 0.5) is 5.69 Å². The van der Waals surface area contributed by atoms with Crippen molar-refractivity contribution in [3.05, 3.63) is 46.8 Å². The molecule has 2 rings (SSSR count). The van der Waals surface area contributed by atoms with Crippen molar-refractivity contribution in [3.63, 3.8) is 0 Å². The number of Topliss-reactive ketones (excluding diaryl/α,β-unsaturated/α-hetero) is 1. The first-order valence-electron chi connectivity index (χ1n) is 8.20. The van der Waals surface area contributed by atoms with Gasteiger partial charge in [0.15, 0.2) is 11.7 Å². The average molecular weight is 339 g/mol. The van der Waals surface area contributed by atoms with Crippen LogP contribution in [0.15, 0.2) is 28.8 Å². The fourth-order valence-electron chi connectivity index (χ4n) is 2.57. The quantitative estimate of drug-likeness (QED) is 0.782. The van der Waals surface area contributed by atoms with Crippen LogP contribution in [0.3, 0.4) is 0 Å². The van der Waals surface area contributed by atoms with Gasteiger partial charge in [-0.1, -0.05) is 24.2 Å². The lowest BCUT2D eigenvalue weighted by Gasteiger charge is -2.10. The van der Waals surface area contributed by atoms with Crippen molar-refractivity contribution in [3.8, 4) is 6.07 Å². The van der Waals surface area contributed by atoms with Crippen molar-refractivity contribution >= 4 is 17.4 Å². The number of rotatable bonds is 7. The highest BCUT2D eigenvalue weighted by Gasteiger charge is 2.26. The molecule has 1 heterocycles. The number of benzene rings is 1. The lowest BCUT2D eigenvalue weighted by atomic mass is 9.97. The summed E-state index contributed by atoms with van der Waals surface area (Å²) in [4.78, 5) is 24.5. The maximum absolute atomic E-state index is 12.3. The third kappa shape index (κ3) is 4.54. The molecular formula is C19H21N3O3. The number of carbonyl (C=O) groups excluding carboxylic acids is 2. The second-order valence-corrected chi connectivity index (χ2v) is 5.87. The number of hydrogen-bond acceptors (Lipinski definition) is 5. The van der Waals surface area contributed by atoms with Gasteiger partial charge in [-0.15, -0.1) is 0 Å². The Kier molecular flexibility index (Phi) is 6.07. The second-order valence-electron chi connectivity index (χ2n) is 5.87. The van der Waals surface area contributed by atoms with E-state index in [1.165, 1.54) is 0 Å². The molecule has 0 radical (unpaired) electrons. The number of aromatic nitrogens is 1. The molecular weight excluding hydrogens is 318 g/mol. The molecule has 1 aromatic heterocycles. The minimum Gasteiger partial charge on any atom is -0.361 e. The first kappa shape index (κ1) is 18.4. The van der Waals surface area contributed by atoms with E-state index >= 15 is 0 Å². The molecule has 0 aliphatic carbocycles. The van der Waals surface area contributed by atoms with Crippen molar-refractivity contribution in [2.45, 2.75) is 40.0 Å². The monoisotopic (exact) mass is 339 g/mol. The molecule has 1 atom stereocenters. The van der Waals surface area contributed by atoms with Crippen LogP contribution in [-0.4, -0.2) is 16.8 Å². The van der Waals surface area contributed by atoms with Crippen molar-refractivity contribution in [1.29, 1.82) is 5.26 Å². The van der Waals surface area contributed by atoms with E-state index in [0.717, 1.165) is 23.2 Å². The van der Waals surface area contributed by atoms with Gasteiger partial charge in [0.05, 0.1) is 11.8 Å². The highest BCUT2D eigenvalue weighted by atomic mass is 16.5. The lowest BCUT2D eigenvalue weighted by molar-refractivity contribution is -0.128. The normalized spacial score (nSPS) is 11.6. The summed E-state index contributed by atoms with van der Waals surface area (Å²) in [5, 5.41) is 15.7. The van der Waals surface area contributed by atoms with Crippen molar-refractivity contribution in [2.75, 3.05) is 5.32 Å². The standard InChI is InChI=1S/C19H21N3O3/c1-4-14-5-7-15(8-6-14)21-19(24)17(11-20)18(23)10-9-16-12(2)22-25-13(16)3/h5-8,17H,4,9-10H2,1-3H3,(H,21,24)/t17-/m1/s1. The zero-order valence-electron chi connectivity index (χ0n) is 14.6. The number of nitrogens with one attached hydrogen (secondary N) is 1. The number of anilines is 1. The largest absolute Gasteiger partial charge is 0.361 e. The van der Waals surface area contributed by atoms with E-state index < -0.39 is 17.6 Å². The van der Waals surface area contributed by atoms with E-state index in [-0.39, 0.29) is 6.42 Å². The van der Waals surface area contributed by atoms with Crippen molar-refractivity contribution < 1.29 is 14.1 Å². The van der Waals surface area contributed by atoms with Crippen LogP contribution >= 0.6 is 0 Å². The lowest BCUT2D eigenvalue weighted by Crippen LogP contribution is -2.28. The molecule has 0 aliphatic heterocycles. The highest BCUT2D eigenvalue weighted by molar-refractivity contribution is 6.09. The Balaban J connectivity index is 1.98. The summed E-state index contributed by atoms with van der Waals surface area (Å²) in [5.74, 6) is -1.69. The SMILES string of the molecule is CCc1ccc(NC(=O)[C@H](C#N)C(=O)CCc2c(C)noc2C)cc1. The Bertz CT molecular complexity index is 781. The van der Waals surface area contributed by atoms with Gasteiger partial charge in [0, 0.05) is 17.7 Å². The van der Waals surface area contributed by atoms with Crippen LogP contribution < -0.4 is 5.32 Å². The number of nitriles is 1. The number of nitrogens with zero attached hydrogens (tertiary/aromatic N) is 2. The van der Waals surface area contributed by atoms with Crippen LogP contribution in [-0.2, 0) is 22.4 Å². The zero-order valence-corrected chi connectivity index (χ0v) is 14.6. The number of carbonyl (C=O) groups is 2. The molecule has 0 aliphatic rings. The first-order valence-corrected chi connectivity index (χ1v) is 8.20. The fourth-order valence-corrected chi connectivity index (χ4v) is 2.57. The fraction of sp³-hybridized carbons (Fsp3) is 0.368. The smallest absolute Gasteiger partial charge is 0.249 e. The first-order chi connectivity index (χ1) is 12.0. The molecule has 1 aromatic carbocycles. The summed E-state index contributed by atoms with van der Waals surface area (Å²) in [6, 6.07) is 9.13. The molecule has 0 saturated heterocycles. The molecule has 2 aromatic rings. The Morgan fingerprint density at radius 2 is 1.96 bits per heavy atom. The Labute approximate surface area is 146 Å². The number of amides is 1. The van der Waals surface area contributed by atoms with E-state index in [4.69, 9.17) is 4.52 Å². The van der Waals surface area contributed by atoms with Crippen LogP contribution in [0.2, 0.25) is 0 Å². The van der Waals surface area contributed by atoms with Crippen LogP contribution in [0.5, 0.6) is 0 Å². The number of ketones is 1. The van der Waals surface area contributed by atoms with Gasteiger partial charge < -0.3 is 9.84 Å². The molecule has 0 spiro atoms. The van der Waals surface area contributed by atoms with Gasteiger partial charge in [0.2, 0.25) is 5.91 Å². The summed E-state index contributed by atoms with van der Waals surface area (Å²) in [7, 11) is 0. The summed E-state index contributed by atoms with van der Waals surface area (Å²) in [5.41, 5.74) is 3.28. The molecule has 0 bridgehead atoms. The third-order valence-electron chi connectivity index (χ3n) is 4.15. The minimum atomic E-state index is -1.33. The molecule has 6 heteroatoms. The van der Waals surface area contributed by atoms with E-state index in [9.17, 15) is 14.9 Å². The average Bonchev–Trinajstić information content (AvgIpc) is 2.92. The topological polar surface area (TPSA) is 96.0 Å². The predicted octanol–water partition coefficient (Wildman–Crippen LogP) is 3.13. The Morgan fingerprint density at radius 1 is 1.28 bits per heavy atom. The number of hydrogen-bond donors (Lipinski definition) is 1. The van der Waals surface area contributed by atoms with E-state index in [0.29, 0.717) is 17.9 Å². The molecule has 1 N–H and O–H groups in total. The Hall–Kier alpha value is -2.94. The van der Waals surface area contributed by atoms with Gasteiger partial charge in [0.25, 0.3) is 0 Å². The summed E-state index contributed by atoms with van der Waals surface area (Å²) >= 11 is 0. The maximum Gasteiger partial charge on any atom is 0.249 e. The van der Waals surface area contributed by atoms with Gasteiger partial charge >= 0.3 is 0 Å². The Morgan fingerprint density at radius 3 is 2.48 bits per heavy atom. The van der Waals surface area contributed by atoms with Crippen molar-refractivity contribution in [1.82, 2.24) is 5.16 Å². The summed E-state index contributed by atoms with van der Waals surface area (Å²) < 4.78 is 5.05. The van der Waals surface area contributed by atoms with Gasteiger partial charge in [-0.3, -0.25) is 9.59 Å². The molecule has 0 fully saturated rings. The molecule has 0 unspecified atom stereocenters. The molecule has 0 saturated carbocycles. The third-order valence-corrected chi connectivity index (χ3v) is 4.15. The van der Waals surface area contributed by atoms with Gasteiger partial charge in [-0.25, -0.2) is 0 Å². The summed E-state index contributed by atoms with van der Waals surface area (Å²) in [6.45, 7) is 5.61. The number of aryl methyl sites for hydroxylation is 3. The molecule has 25 heavy (non-hydrogen) atoms. The van der Waals surface area contributed by atoms with E-state index in [1.54, 1.807) is 32.0 Å².